The van der Waals surface area contributed by atoms with Gasteiger partial charge in [-0.15, -0.1) is 0 Å². The van der Waals surface area contributed by atoms with Crippen molar-refractivity contribution in [2.24, 2.45) is 0 Å². The molecule has 0 amide bonds. The first-order valence-electron chi connectivity index (χ1n) is 13.2. The number of benzene rings is 3. The molecule has 0 saturated heterocycles. The summed E-state index contributed by atoms with van der Waals surface area (Å²) >= 11 is 0. The number of rotatable bonds is 15. The van der Waals surface area contributed by atoms with Gasteiger partial charge in [0.15, 0.2) is 14.1 Å². The van der Waals surface area contributed by atoms with Crippen LogP contribution < -0.4 is 0 Å². The van der Waals surface area contributed by atoms with Crippen LogP contribution in [0.25, 0.3) is 0 Å². The van der Waals surface area contributed by atoms with Gasteiger partial charge in [0.2, 0.25) is 0 Å². The van der Waals surface area contributed by atoms with Crippen molar-refractivity contribution in [3.05, 3.63) is 108 Å². The van der Waals surface area contributed by atoms with E-state index in [0.717, 1.165) is 16.7 Å². The number of hydrogen-bond donors (Lipinski definition) is 0. The average molecular weight is 535 g/mol. The smallest absolute Gasteiger partial charge is 0.192 e. The van der Waals surface area contributed by atoms with E-state index in [1.54, 1.807) is 0 Å². The Labute approximate surface area is 229 Å². The minimum absolute atomic E-state index is 0.0280. The van der Waals surface area contributed by atoms with E-state index in [2.05, 4.69) is 33.9 Å². The van der Waals surface area contributed by atoms with E-state index in [1.807, 2.05) is 91.0 Å². The van der Waals surface area contributed by atoms with Crippen molar-refractivity contribution in [2.75, 3.05) is 13.2 Å². The van der Waals surface area contributed by atoms with Gasteiger partial charge in [-0.3, -0.25) is 4.79 Å². The average Bonchev–Trinajstić information content (AvgIpc) is 2.91. The zero-order valence-electron chi connectivity index (χ0n) is 23.4. The normalized spacial score (nSPS) is 13.7. The molecule has 0 radical (unpaired) electrons. The van der Waals surface area contributed by atoms with Crippen molar-refractivity contribution in [3.8, 4) is 0 Å². The molecule has 0 fully saturated rings. The fourth-order valence-corrected chi connectivity index (χ4v) is 4.62. The van der Waals surface area contributed by atoms with E-state index in [-0.39, 0.29) is 24.0 Å². The van der Waals surface area contributed by atoms with E-state index in [4.69, 9.17) is 18.6 Å². The van der Waals surface area contributed by atoms with Crippen LogP contribution in [0.5, 0.6) is 0 Å². The summed E-state index contributed by atoms with van der Waals surface area (Å²) in [7, 11) is -2.09. The molecule has 0 heterocycles. The van der Waals surface area contributed by atoms with E-state index in [1.165, 1.54) is 0 Å². The molecule has 0 aromatic heterocycles. The fourth-order valence-electron chi connectivity index (χ4n) is 3.60. The predicted molar refractivity (Wildman–Crippen MR) is 154 cm³/mol. The molecule has 5 nitrogen and oxygen atoms in total. The van der Waals surface area contributed by atoms with Crippen molar-refractivity contribution < 1.29 is 23.4 Å². The summed E-state index contributed by atoms with van der Waals surface area (Å²) in [4.78, 5) is 13.6. The maximum Gasteiger partial charge on any atom is 0.192 e. The molecule has 0 aliphatic rings. The van der Waals surface area contributed by atoms with E-state index < -0.39 is 20.5 Å². The summed E-state index contributed by atoms with van der Waals surface area (Å²) < 4.78 is 25.0. The van der Waals surface area contributed by atoms with Crippen LogP contribution in [0.1, 0.15) is 37.5 Å². The van der Waals surface area contributed by atoms with Crippen LogP contribution in [-0.4, -0.2) is 39.5 Å². The molecule has 0 spiro atoms. The van der Waals surface area contributed by atoms with Crippen molar-refractivity contribution in [3.63, 3.8) is 0 Å². The Balaban J connectivity index is 1.77. The molecule has 38 heavy (non-hydrogen) atoms. The third kappa shape index (κ3) is 9.60. The van der Waals surface area contributed by atoms with Crippen LogP contribution in [-0.2, 0) is 43.3 Å². The molecule has 204 valence electrons. The third-order valence-electron chi connectivity index (χ3n) is 7.00. The van der Waals surface area contributed by atoms with Crippen molar-refractivity contribution in [1.82, 2.24) is 0 Å². The lowest BCUT2D eigenvalue weighted by atomic mass is 10.1. The number of Topliss-reactive ketones (excluding diaryl/α,β-unsaturated/α-hetero) is 1. The molecule has 0 unspecified atom stereocenters. The number of hydrogen-bond acceptors (Lipinski definition) is 5. The van der Waals surface area contributed by atoms with E-state index in [0.29, 0.717) is 19.8 Å². The van der Waals surface area contributed by atoms with Gasteiger partial charge in [0.05, 0.1) is 26.4 Å². The SMILES string of the molecule is CC(C)(C)[Si](C)(C)OC[C@@H](OCc1ccccc1)[C@H](OCc1ccccc1)C(=O)COCc1ccccc1. The fraction of sp³-hybridized carbons (Fsp3) is 0.406. The Bertz CT molecular complexity index is 1080. The van der Waals surface area contributed by atoms with Crippen molar-refractivity contribution in [1.29, 1.82) is 0 Å². The van der Waals surface area contributed by atoms with E-state index >= 15 is 0 Å². The molecule has 3 aromatic rings. The van der Waals surface area contributed by atoms with Crippen LogP contribution >= 0.6 is 0 Å². The molecule has 3 rings (SSSR count). The highest BCUT2D eigenvalue weighted by atomic mass is 28.4. The summed E-state index contributed by atoms with van der Waals surface area (Å²) in [6, 6.07) is 29.6. The first kappa shape index (κ1) is 29.9. The lowest BCUT2D eigenvalue weighted by molar-refractivity contribution is -0.153. The zero-order valence-corrected chi connectivity index (χ0v) is 24.4. The molecule has 0 bridgehead atoms. The molecule has 0 aliphatic heterocycles. The van der Waals surface area contributed by atoms with Gasteiger partial charge in [-0.2, -0.15) is 0 Å². The number of carbonyl (C=O) groups excluding carboxylic acids is 1. The van der Waals surface area contributed by atoms with Gasteiger partial charge in [0, 0.05) is 0 Å². The van der Waals surface area contributed by atoms with Gasteiger partial charge >= 0.3 is 0 Å². The second-order valence-electron chi connectivity index (χ2n) is 11.1. The lowest BCUT2D eigenvalue weighted by Gasteiger charge is -2.38. The maximum atomic E-state index is 13.6. The summed E-state index contributed by atoms with van der Waals surface area (Å²) in [5.74, 6) is -0.159. The summed E-state index contributed by atoms with van der Waals surface area (Å²) in [6.07, 6.45) is -1.42. The van der Waals surface area contributed by atoms with Gasteiger partial charge in [0.1, 0.15) is 18.8 Å². The Morgan fingerprint density at radius 3 is 1.63 bits per heavy atom. The molecule has 2 atom stereocenters. The molecule has 0 saturated carbocycles. The highest BCUT2D eigenvalue weighted by molar-refractivity contribution is 6.74. The Hall–Kier alpha value is -2.61. The lowest BCUT2D eigenvalue weighted by Crippen LogP contribution is -2.48. The minimum atomic E-state index is -2.09. The van der Waals surface area contributed by atoms with E-state index in [9.17, 15) is 4.79 Å². The second-order valence-corrected chi connectivity index (χ2v) is 15.9. The number of ketones is 1. The third-order valence-corrected chi connectivity index (χ3v) is 11.5. The van der Waals surface area contributed by atoms with Gasteiger partial charge in [0.25, 0.3) is 0 Å². The monoisotopic (exact) mass is 534 g/mol. The van der Waals surface area contributed by atoms with Gasteiger partial charge in [-0.25, -0.2) is 0 Å². The van der Waals surface area contributed by atoms with Gasteiger partial charge in [-0.05, 0) is 34.8 Å². The van der Waals surface area contributed by atoms with Gasteiger partial charge < -0.3 is 18.6 Å². The second kappa shape index (κ2) is 14.5. The summed E-state index contributed by atoms with van der Waals surface area (Å²) in [5.41, 5.74) is 3.03. The molecule has 3 aromatic carbocycles. The van der Waals surface area contributed by atoms with Crippen LogP contribution in [0.3, 0.4) is 0 Å². The minimum Gasteiger partial charge on any atom is -0.414 e. The van der Waals surface area contributed by atoms with Crippen LogP contribution in [0.15, 0.2) is 91.0 Å². The van der Waals surface area contributed by atoms with Crippen LogP contribution in [0.4, 0.5) is 0 Å². The number of carbonyl (C=O) groups is 1. The first-order chi connectivity index (χ1) is 18.2. The molecule has 0 aliphatic carbocycles. The largest absolute Gasteiger partial charge is 0.414 e. The Morgan fingerprint density at radius 1 is 0.711 bits per heavy atom. The predicted octanol–water partition coefficient (Wildman–Crippen LogP) is 6.96. The molecule has 0 N–H and O–H groups in total. The summed E-state index contributed by atoms with van der Waals surface area (Å²) in [5, 5.41) is 0.0280. The van der Waals surface area contributed by atoms with Crippen LogP contribution in [0, 0.1) is 0 Å². The highest BCUT2D eigenvalue weighted by Gasteiger charge is 2.39. The quantitative estimate of drug-likeness (QED) is 0.197. The Morgan fingerprint density at radius 2 is 1.16 bits per heavy atom. The first-order valence-corrected chi connectivity index (χ1v) is 16.2. The molecule has 6 heteroatoms. The maximum absolute atomic E-state index is 13.6. The van der Waals surface area contributed by atoms with Crippen molar-refractivity contribution >= 4 is 14.1 Å². The number of ether oxygens (including phenoxy) is 3. The molecular weight excluding hydrogens is 492 g/mol. The topological polar surface area (TPSA) is 54.0 Å². The Kier molecular flexibility index (Phi) is 11.4. The van der Waals surface area contributed by atoms with Crippen molar-refractivity contribution in [2.45, 2.75) is 70.9 Å². The van der Waals surface area contributed by atoms with Gasteiger partial charge in [-0.1, -0.05) is 112 Å². The standard InChI is InChI=1S/C32H42O5Si/c1-32(2,3)38(4,5)37-25-30(35-22-27-17-11-7-12-18-27)31(36-23-28-19-13-8-14-20-28)29(33)24-34-21-26-15-9-6-10-16-26/h6-20,30-31H,21-25H2,1-5H3/t30-,31-/m1/s1. The van der Waals surface area contributed by atoms with Crippen LogP contribution in [0.2, 0.25) is 18.1 Å². The zero-order chi connectivity index (χ0) is 27.4. The summed E-state index contributed by atoms with van der Waals surface area (Å²) in [6.45, 7) is 12.2. The molecular formula is C32H42O5Si. The highest BCUT2D eigenvalue weighted by Crippen LogP contribution is 2.36.